The van der Waals surface area contributed by atoms with Crippen molar-refractivity contribution in [3.05, 3.63) is 77.7 Å². The molecule has 0 aliphatic carbocycles. The van der Waals surface area contributed by atoms with Gasteiger partial charge in [0.1, 0.15) is 17.3 Å². The summed E-state index contributed by atoms with van der Waals surface area (Å²) in [5, 5.41) is 10.1. The van der Waals surface area contributed by atoms with Gasteiger partial charge in [-0.05, 0) is 42.5 Å². The summed E-state index contributed by atoms with van der Waals surface area (Å²) >= 11 is 0. The molecule has 0 radical (unpaired) electrons. The Bertz CT molecular complexity index is 901. The van der Waals surface area contributed by atoms with Crippen LogP contribution in [0.4, 0.5) is 5.69 Å². The van der Waals surface area contributed by atoms with E-state index >= 15 is 0 Å². The van der Waals surface area contributed by atoms with E-state index in [2.05, 4.69) is 4.74 Å². The first-order chi connectivity index (χ1) is 13.1. The van der Waals surface area contributed by atoms with Crippen molar-refractivity contribution < 1.29 is 23.8 Å². The van der Waals surface area contributed by atoms with E-state index in [1.54, 1.807) is 31.4 Å². The maximum Gasteiger partial charge on any atom is 0.373 e. The van der Waals surface area contributed by atoms with Crippen molar-refractivity contribution in [3.8, 4) is 11.5 Å². The van der Waals surface area contributed by atoms with Crippen LogP contribution in [0.5, 0.6) is 11.5 Å². The number of carbonyl (C=O) groups is 1. The topological polar surface area (TPSA) is 72.1 Å². The molecule has 6 nitrogen and oxygen atoms in total. The standard InChI is InChI=1S/C21H21NO5/c1-25-17-9-7-16(8-10-17)22(13-15-5-3-4-6-19(15)23)14-18-11-12-20(27-18)21(24)26-2/h3-12,23H,13-14H2,1-2H3. The number of hydrogen-bond acceptors (Lipinski definition) is 6. The van der Waals surface area contributed by atoms with Crippen molar-refractivity contribution in [1.29, 1.82) is 0 Å². The summed E-state index contributed by atoms with van der Waals surface area (Å²) < 4.78 is 15.5. The van der Waals surface area contributed by atoms with Crippen LogP contribution in [0.3, 0.4) is 0 Å². The number of ether oxygens (including phenoxy) is 2. The lowest BCUT2D eigenvalue weighted by atomic mass is 10.1. The molecular weight excluding hydrogens is 346 g/mol. The number of furan rings is 1. The van der Waals surface area contributed by atoms with Gasteiger partial charge in [-0.15, -0.1) is 0 Å². The third-order valence-corrected chi connectivity index (χ3v) is 4.19. The second-order valence-electron chi connectivity index (χ2n) is 5.94. The molecular formula is C21H21NO5. The molecule has 6 heteroatoms. The Labute approximate surface area is 157 Å². The van der Waals surface area contributed by atoms with Crippen LogP contribution in [0.2, 0.25) is 0 Å². The smallest absolute Gasteiger partial charge is 0.373 e. The van der Waals surface area contributed by atoms with E-state index in [4.69, 9.17) is 9.15 Å². The minimum Gasteiger partial charge on any atom is -0.508 e. The zero-order valence-corrected chi connectivity index (χ0v) is 15.2. The normalized spacial score (nSPS) is 10.4. The Morgan fingerprint density at radius 2 is 1.74 bits per heavy atom. The third-order valence-electron chi connectivity index (χ3n) is 4.19. The van der Waals surface area contributed by atoms with Gasteiger partial charge < -0.3 is 23.9 Å². The predicted octanol–water partition coefficient (Wildman–Crippen LogP) is 3.99. The number of benzene rings is 2. The molecule has 2 aromatic carbocycles. The van der Waals surface area contributed by atoms with Crippen LogP contribution in [0.25, 0.3) is 0 Å². The molecule has 27 heavy (non-hydrogen) atoms. The Kier molecular flexibility index (Phi) is 5.66. The molecule has 1 aromatic heterocycles. The molecule has 3 aromatic rings. The van der Waals surface area contributed by atoms with Gasteiger partial charge in [0.15, 0.2) is 0 Å². The number of nitrogens with zero attached hydrogens (tertiary/aromatic N) is 1. The van der Waals surface area contributed by atoms with E-state index < -0.39 is 5.97 Å². The number of aromatic hydroxyl groups is 1. The molecule has 0 spiro atoms. The molecule has 0 atom stereocenters. The molecule has 0 aliphatic heterocycles. The monoisotopic (exact) mass is 367 g/mol. The van der Waals surface area contributed by atoms with E-state index in [0.29, 0.717) is 18.8 Å². The van der Waals surface area contributed by atoms with Gasteiger partial charge in [-0.1, -0.05) is 18.2 Å². The first-order valence-corrected chi connectivity index (χ1v) is 8.43. The van der Waals surface area contributed by atoms with Crippen LogP contribution in [0, 0.1) is 0 Å². The molecule has 0 fully saturated rings. The molecule has 0 bridgehead atoms. The molecule has 1 heterocycles. The molecule has 3 rings (SSSR count). The summed E-state index contributed by atoms with van der Waals surface area (Å²) in [5.74, 6) is 1.24. The van der Waals surface area contributed by atoms with Gasteiger partial charge in [0.05, 0.1) is 20.8 Å². The van der Waals surface area contributed by atoms with Crippen LogP contribution < -0.4 is 9.64 Å². The van der Waals surface area contributed by atoms with Crippen molar-refractivity contribution in [1.82, 2.24) is 0 Å². The lowest BCUT2D eigenvalue weighted by Crippen LogP contribution is -2.21. The molecule has 0 saturated heterocycles. The zero-order chi connectivity index (χ0) is 19.2. The average molecular weight is 367 g/mol. The van der Waals surface area contributed by atoms with Crippen molar-refractivity contribution in [2.45, 2.75) is 13.1 Å². The fraction of sp³-hybridized carbons (Fsp3) is 0.190. The number of anilines is 1. The summed E-state index contributed by atoms with van der Waals surface area (Å²) in [5.41, 5.74) is 1.71. The fourth-order valence-corrected chi connectivity index (χ4v) is 2.74. The summed E-state index contributed by atoms with van der Waals surface area (Å²) in [6.45, 7) is 0.880. The lowest BCUT2D eigenvalue weighted by Gasteiger charge is -2.24. The van der Waals surface area contributed by atoms with E-state index in [0.717, 1.165) is 17.0 Å². The Morgan fingerprint density at radius 3 is 2.41 bits per heavy atom. The highest BCUT2D eigenvalue weighted by Gasteiger charge is 2.16. The van der Waals surface area contributed by atoms with Gasteiger partial charge in [-0.25, -0.2) is 4.79 Å². The first-order valence-electron chi connectivity index (χ1n) is 8.43. The average Bonchev–Trinajstić information content (AvgIpc) is 3.17. The van der Waals surface area contributed by atoms with Gasteiger partial charge in [-0.3, -0.25) is 0 Å². The predicted molar refractivity (Wildman–Crippen MR) is 101 cm³/mol. The van der Waals surface area contributed by atoms with E-state index in [-0.39, 0.29) is 11.5 Å². The van der Waals surface area contributed by atoms with E-state index in [1.165, 1.54) is 7.11 Å². The zero-order valence-electron chi connectivity index (χ0n) is 15.2. The number of phenolic OH excluding ortho intramolecular Hbond substituents is 1. The summed E-state index contributed by atoms with van der Waals surface area (Å²) in [6, 6.07) is 18.1. The Balaban J connectivity index is 1.87. The number of methoxy groups -OCH3 is 2. The minimum atomic E-state index is -0.516. The second kappa shape index (κ2) is 8.31. The number of phenols is 1. The van der Waals surface area contributed by atoms with Gasteiger partial charge >= 0.3 is 5.97 Å². The van der Waals surface area contributed by atoms with Gasteiger partial charge in [0, 0.05) is 17.8 Å². The molecule has 0 saturated carbocycles. The van der Waals surface area contributed by atoms with Crippen molar-refractivity contribution in [3.63, 3.8) is 0 Å². The minimum absolute atomic E-state index is 0.157. The van der Waals surface area contributed by atoms with Gasteiger partial charge in [-0.2, -0.15) is 0 Å². The SMILES string of the molecule is COC(=O)c1ccc(CN(Cc2ccccc2O)c2ccc(OC)cc2)o1. The lowest BCUT2D eigenvalue weighted by molar-refractivity contribution is 0.0563. The highest BCUT2D eigenvalue weighted by atomic mass is 16.5. The van der Waals surface area contributed by atoms with E-state index in [1.807, 2.05) is 41.3 Å². The third kappa shape index (κ3) is 4.41. The highest BCUT2D eigenvalue weighted by Crippen LogP contribution is 2.26. The maximum atomic E-state index is 11.6. The quantitative estimate of drug-likeness (QED) is 0.637. The van der Waals surface area contributed by atoms with Crippen LogP contribution in [0.1, 0.15) is 21.9 Å². The molecule has 0 aliphatic rings. The van der Waals surface area contributed by atoms with Crippen LogP contribution >= 0.6 is 0 Å². The van der Waals surface area contributed by atoms with Gasteiger partial charge in [0.25, 0.3) is 0 Å². The second-order valence-corrected chi connectivity index (χ2v) is 5.94. The van der Waals surface area contributed by atoms with Crippen molar-refractivity contribution >= 4 is 11.7 Å². The summed E-state index contributed by atoms with van der Waals surface area (Å²) in [6.07, 6.45) is 0. The van der Waals surface area contributed by atoms with Gasteiger partial charge in [0.2, 0.25) is 5.76 Å². The van der Waals surface area contributed by atoms with Crippen LogP contribution in [0.15, 0.2) is 65.1 Å². The number of rotatable bonds is 7. The van der Waals surface area contributed by atoms with Crippen molar-refractivity contribution in [2.75, 3.05) is 19.1 Å². The summed E-state index contributed by atoms with van der Waals surface area (Å²) in [4.78, 5) is 13.6. The van der Waals surface area contributed by atoms with E-state index in [9.17, 15) is 9.90 Å². The number of esters is 1. The summed E-state index contributed by atoms with van der Waals surface area (Å²) in [7, 11) is 2.93. The molecule has 0 unspecified atom stereocenters. The molecule has 140 valence electrons. The highest BCUT2D eigenvalue weighted by molar-refractivity contribution is 5.86. The first kappa shape index (κ1) is 18.4. The number of hydrogen-bond donors (Lipinski definition) is 1. The van der Waals surface area contributed by atoms with Crippen molar-refractivity contribution in [2.24, 2.45) is 0 Å². The Morgan fingerprint density at radius 1 is 1.00 bits per heavy atom. The fourth-order valence-electron chi connectivity index (χ4n) is 2.74. The van der Waals surface area contributed by atoms with Crippen LogP contribution in [-0.2, 0) is 17.8 Å². The molecule has 1 N–H and O–H groups in total. The maximum absolute atomic E-state index is 11.6. The largest absolute Gasteiger partial charge is 0.508 e. The molecule has 0 amide bonds. The van der Waals surface area contributed by atoms with Crippen LogP contribution in [-0.4, -0.2) is 25.3 Å². The Hall–Kier alpha value is -3.41. The number of carbonyl (C=O) groups excluding carboxylic acids is 1. The number of para-hydroxylation sites is 1.